The molecular formula is C9H10ClN3O2. The summed E-state index contributed by atoms with van der Waals surface area (Å²) in [5.41, 5.74) is 0.488. The van der Waals surface area contributed by atoms with Crippen LogP contribution in [0, 0.1) is 11.3 Å². The number of aromatic carboxylic acids is 1. The number of carboxylic acid groups (broad SMARTS) is 1. The Balaban J connectivity index is 3.11. The van der Waals surface area contributed by atoms with Crippen LogP contribution in [0.5, 0.6) is 0 Å². The fourth-order valence-electron chi connectivity index (χ4n) is 1.25. The van der Waals surface area contributed by atoms with Crippen LogP contribution in [-0.4, -0.2) is 20.9 Å². The number of nitriles is 1. The number of halogens is 1. The molecule has 0 aliphatic rings. The smallest absolute Gasteiger partial charge is 0.340 e. The van der Waals surface area contributed by atoms with Crippen LogP contribution in [0.3, 0.4) is 0 Å². The normalized spacial score (nSPS) is 9.93. The lowest BCUT2D eigenvalue weighted by Crippen LogP contribution is -2.01. The number of hydrogen-bond donors (Lipinski definition) is 1. The zero-order chi connectivity index (χ0) is 11.4. The van der Waals surface area contributed by atoms with Gasteiger partial charge in [-0.25, -0.2) is 4.79 Å². The Hall–Kier alpha value is -1.54. The van der Waals surface area contributed by atoms with Crippen LogP contribution in [0.4, 0.5) is 0 Å². The Morgan fingerprint density at radius 3 is 2.80 bits per heavy atom. The van der Waals surface area contributed by atoms with Gasteiger partial charge in [-0.1, -0.05) is 18.5 Å². The summed E-state index contributed by atoms with van der Waals surface area (Å²) in [6.45, 7) is 2.12. The monoisotopic (exact) mass is 227 g/mol. The molecule has 0 atom stereocenters. The largest absolute Gasteiger partial charge is 0.478 e. The van der Waals surface area contributed by atoms with E-state index in [-0.39, 0.29) is 17.1 Å². The maximum atomic E-state index is 10.9. The van der Waals surface area contributed by atoms with Gasteiger partial charge in [0.1, 0.15) is 10.7 Å². The third-order valence-corrected chi connectivity index (χ3v) is 2.33. The second kappa shape index (κ2) is 4.80. The molecule has 0 fully saturated rings. The quantitative estimate of drug-likeness (QED) is 0.849. The summed E-state index contributed by atoms with van der Waals surface area (Å²) in [5.74, 6) is -1.08. The van der Waals surface area contributed by atoms with E-state index in [1.165, 1.54) is 4.68 Å². The number of aromatic nitrogens is 2. The summed E-state index contributed by atoms with van der Waals surface area (Å²) in [4.78, 5) is 10.9. The predicted molar refractivity (Wildman–Crippen MR) is 53.8 cm³/mol. The first-order chi connectivity index (χ1) is 7.11. The van der Waals surface area contributed by atoms with Crippen LogP contribution >= 0.6 is 11.6 Å². The Labute approximate surface area is 91.9 Å². The van der Waals surface area contributed by atoms with Gasteiger partial charge in [-0.05, 0) is 6.42 Å². The maximum absolute atomic E-state index is 10.9. The molecule has 0 saturated carbocycles. The molecule has 0 bridgehead atoms. The van der Waals surface area contributed by atoms with Crippen LogP contribution in [0.25, 0.3) is 0 Å². The Kier molecular flexibility index (Phi) is 3.69. The van der Waals surface area contributed by atoms with Crippen LogP contribution < -0.4 is 0 Å². The molecule has 1 aromatic heterocycles. The van der Waals surface area contributed by atoms with Gasteiger partial charge in [-0.15, -0.1) is 0 Å². The SMILES string of the molecule is CCc1nn(CCC#N)c(Cl)c1C(=O)O. The lowest BCUT2D eigenvalue weighted by atomic mass is 10.2. The molecule has 1 heterocycles. The second-order valence-corrected chi connectivity index (χ2v) is 3.26. The molecule has 1 rings (SSSR count). The van der Waals surface area contributed by atoms with Gasteiger partial charge in [0, 0.05) is 0 Å². The Morgan fingerprint density at radius 2 is 2.40 bits per heavy atom. The minimum absolute atomic E-state index is 0.0390. The Morgan fingerprint density at radius 1 is 1.73 bits per heavy atom. The Bertz CT molecular complexity index is 420. The molecule has 0 aromatic carbocycles. The molecule has 0 spiro atoms. The summed E-state index contributed by atoms with van der Waals surface area (Å²) in [7, 11) is 0. The van der Waals surface area contributed by atoms with Crippen molar-refractivity contribution in [1.82, 2.24) is 9.78 Å². The average Bonchev–Trinajstić information content (AvgIpc) is 2.52. The van der Waals surface area contributed by atoms with Gasteiger partial charge >= 0.3 is 5.97 Å². The van der Waals surface area contributed by atoms with Crippen molar-refractivity contribution in [1.29, 1.82) is 5.26 Å². The standard InChI is InChI=1S/C9H10ClN3O2/c1-2-6-7(9(14)15)8(10)13(12-6)5-3-4-11/h2-3,5H2,1H3,(H,14,15). The van der Waals surface area contributed by atoms with Crippen molar-refractivity contribution in [3.05, 3.63) is 16.4 Å². The van der Waals surface area contributed by atoms with Crippen molar-refractivity contribution in [3.63, 3.8) is 0 Å². The van der Waals surface area contributed by atoms with Gasteiger partial charge in [-0.2, -0.15) is 10.4 Å². The van der Waals surface area contributed by atoms with E-state index in [4.69, 9.17) is 22.0 Å². The molecule has 6 heteroatoms. The average molecular weight is 228 g/mol. The highest BCUT2D eigenvalue weighted by molar-refractivity contribution is 6.32. The minimum Gasteiger partial charge on any atom is -0.478 e. The highest BCUT2D eigenvalue weighted by atomic mass is 35.5. The number of carbonyl (C=O) groups is 1. The van der Waals surface area contributed by atoms with E-state index >= 15 is 0 Å². The van der Waals surface area contributed by atoms with Crippen LogP contribution in [0.1, 0.15) is 29.4 Å². The molecule has 0 saturated heterocycles. The van der Waals surface area contributed by atoms with Crippen molar-refractivity contribution in [3.8, 4) is 6.07 Å². The molecule has 5 nitrogen and oxygen atoms in total. The zero-order valence-electron chi connectivity index (χ0n) is 8.20. The van der Waals surface area contributed by atoms with E-state index in [0.29, 0.717) is 18.7 Å². The molecule has 0 aliphatic heterocycles. The number of carboxylic acids is 1. The first-order valence-corrected chi connectivity index (χ1v) is 4.85. The van der Waals surface area contributed by atoms with Crippen LogP contribution in [0.2, 0.25) is 5.15 Å². The summed E-state index contributed by atoms with van der Waals surface area (Å²) in [6.07, 6.45) is 0.754. The van der Waals surface area contributed by atoms with Gasteiger partial charge < -0.3 is 5.11 Å². The molecule has 0 amide bonds. The fourth-order valence-corrected chi connectivity index (χ4v) is 1.56. The molecule has 80 valence electrons. The third-order valence-electron chi connectivity index (χ3n) is 1.95. The summed E-state index contributed by atoms with van der Waals surface area (Å²) in [5, 5.41) is 21.5. The summed E-state index contributed by atoms with van der Waals surface area (Å²) in [6, 6.07) is 1.95. The fraction of sp³-hybridized carbons (Fsp3) is 0.444. The van der Waals surface area contributed by atoms with E-state index in [0.717, 1.165) is 0 Å². The van der Waals surface area contributed by atoms with Gasteiger partial charge in [0.15, 0.2) is 0 Å². The van der Waals surface area contributed by atoms with Crippen molar-refractivity contribution in [2.24, 2.45) is 0 Å². The first kappa shape index (κ1) is 11.5. The molecule has 15 heavy (non-hydrogen) atoms. The number of rotatable bonds is 4. The summed E-state index contributed by atoms with van der Waals surface area (Å²) < 4.78 is 1.35. The van der Waals surface area contributed by atoms with Gasteiger partial charge in [0.2, 0.25) is 0 Å². The van der Waals surface area contributed by atoms with Crippen molar-refractivity contribution in [2.45, 2.75) is 26.3 Å². The molecule has 1 aromatic rings. The molecular weight excluding hydrogens is 218 g/mol. The lowest BCUT2D eigenvalue weighted by Gasteiger charge is -1.97. The number of nitrogens with zero attached hydrogens (tertiary/aromatic N) is 3. The van der Waals surface area contributed by atoms with E-state index in [2.05, 4.69) is 5.10 Å². The van der Waals surface area contributed by atoms with Crippen LogP contribution in [-0.2, 0) is 13.0 Å². The molecule has 1 N–H and O–H groups in total. The van der Waals surface area contributed by atoms with Crippen LogP contribution in [0.15, 0.2) is 0 Å². The highest BCUT2D eigenvalue weighted by Gasteiger charge is 2.20. The van der Waals surface area contributed by atoms with E-state index in [9.17, 15) is 4.79 Å². The maximum Gasteiger partial charge on any atom is 0.340 e. The molecule has 0 unspecified atom stereocenters. The van der Waals surface area contributed by atoms with Gasteiger partial charge in [0.05, 0.1) is 24.7 Å². The third kappa shape index (κ3) is 2.28. The van der Waals surface area contributed by atoms with E-state index in [1.807, 2.05) is 6.07 Å². The van der Waals surface area contributed by atoms with Gasteiger partial charge in [-0.3, -0.25) is 4.68 Å². The second-order valence-electron chi connectivity index (χ2n) is 2.90. The highest BCUT2D eigenvalue weighted by Crippen LogP contribution is 2.20. The topological polar surface area (TPSA) is 78.9 Å². The van der Waals surface area contributed by atoms with Crippen molar-refractivity contribution >= 4 is 17.6 Å². The first-order valence-electron chi connectivity index (χ1n) is 4.47. The molecule has 0 radical (unpaired) electrons. The number of hydrogen-bond acceptors (Lipinski definition) is 3. The van der Waals surface area contributed by atoms with E-state index < -0.39 is 5.97 Å². The van der Waals surface area contributed by atoms with Gasteiger partial charge in [0.25, 0.3) is 0 Å². The predicted octanol–water partition coefficient (Wildman–Crippen LogP) is 1.71. The minimum atomic E-state index is -1.08. The van der Waals surface area contributed by atoms with Crippen molar-refractivity contribution < 1.29 is 9.90 Å². The summed E-state index contributed by atoms with van der Waals surface area (Å²) >= 11 is 5.85. The van der Waals surface area contributed by atoms with Crippen molar-refractivity contribution in [2.75, 3.05) is 0 Å². The zero-order valence-corrected chi connectivity index (χ0v) is 8.95. The van der Waals surface area contributed by atoms with E-state index in [1.54, 1.807) is 6.92 Å². The molecule has 0 aliphatic carbocycles. The lowest BCUT2D eigenvalue weighted by molar-refractivity contribution is 0.0696. The number of aryl methyl sites for hydroxylation is 2.